The summed E-state index contributed by atoms with van der Waals surface area (Å²) < 4.78 is 48.2. The van der Waals surface area contributed by atoms with Crippen LogP contribution in [0.1, 0.15) is 23.2 Å². The van der Waals surface area contributed by atoms with Crippen LogP contribution in [0.5, 0.6) is 5.75 Å². The summed E-state index contributed by atoms with van der Waals surface area (Å²) in [5.41, 5.74) is 9.26. The third-order valence-corrected chi connectivity index (χ3v) is 5.90. The first-order chi connectivity index (χ1) is 16.8. The molecule has 184 valence electrons. The van der Waals surface area contributed by atoms with Gasteiger partial charge in [-0.2, -0.15) is 0 Å². The van der Waals surface area contributed by atoms with E-state index in [1.807, 2.05) is 23.8 Å². The topological polar surface area (TPSA) is 85.4 Å². The van der Waals surface area contributed by atoms with Gasteiger partial charge in [-0.1, -0.05) is 12.1 Å². The summed E-state index contributed by atoms with van der Waals surface area (Å²) in [6.45, 7) is 1.06. The summed E-state index contributed by atoms with van der Waals surface area (Å²) >= 11 is 0. The number of aromatic nitrogens is 2. The molecule has 1 atom stereocenters. The number of fused-ring (bicyclic) bond motifs is 1. The highest BCUT2D eigenvalue weighted by atomic mass is 19.3. The van der Waals surface area contributed by atoms with E-state index in [4.69, 9.17) is 10.5 Å². The number of nitrogens with one attached hydrogen (secondary N) is 1. The smallest absolute Gasteiger partial charge is 0.256 e. The van der Waals surface area contributed by atoms with E-state index in [0.29, 0.717) is 17.0 Å². The number of imidazole rings is 1. The number of hydrogen-bond acceptors (Lipinski definition) is 5. The Labute approximate surface area is 201 Å². The maximum absolute atomic E-state index is 14.4. The van der Waals surface area contributed by atoms with Gasteiger partial charge < -0.3 is 25.3 Å². The Morgan fingerprint density at radius 2 is 2.11 bits per heavy atom. The fourth-order valence-corrected chi connectivity index (χ4v) is 4.14. The monoisotopic (exact) mass is 485 g/mol. The number of carbonyl (C=O) groups excluding carboxylic acids is 1. The predicted molar refractivity (Wildman–Crippen MR) is 127 cm³/mol. The van der Waals surface area contributed by atoms with Crippen molar-refractivity contribution in [3.63, 3.8) is 0 Å². The minimum Gasteiger partial charge on any atom is -0.495 e. The highest BCUT2D eigenvalue weighted by molar-refractivity contribution is 5.98. The van der Waals surface area contributed by atoms with E-state index in [1.165, 1.54) is 24.4 Å². The van der Waals surface area contributed by atoms with Crippen LogP contribution in [0.15, 0.2) is 55.1 Å². The van der Waals surface area contributed by atoms with Gasteiger partial charge in [-0.25, -0.2) is 18.2 Å². The first-order valence-corrected chi connectivity index (χ1v) is 11.1. The molecule has 1 aliphatic heterocycles. The average molecular weight is 486 g/mol. The normalized spacial score (nSPS) is 16.3. The van der Waals surface area contributed by atoms with E-state index in [2.05, 4.69) is 10.3 Å². The molecule has 0 radical (unpaired) electrons. The number of amides is 1. The number of benzene rings is 2. The van der Waals surface area contributed by atoms with Gasteiger partial charge in [0.15, 0.2) is 0 Å². The van der Waals surface area contributed by atoms with Gasteiger partial charge in [0.25, 0.3) is 6.43 Å². The molecule has 1 aliphatic rings. The highest BCUT2D eigenvalue weighted by Crippen LogP contribution is 2.30. The van der Waals surface area contributed by atoms with Gasteiger partial charge in [0.1, 0.15) is 17.6 Å². The average Bonchev–Trinajstić information content (AvgIpc) is 3.22. The molecule has 3 aromatic rings. The summed E-state index contributed by atoms with van der Waals surface area (Å²) in [4.78, 5) is 18.3. The van der Waals surface area contributed by atoms with Crippen molar-refractivity contribution < 1.29 is 22.7 Å². The van der Waals surface area contributed by atoms with Crippen LogP contribution in [-0.2, 0) is 11.2 Å². The Bertz CT molecular complexity index is 1260. The molecule has 0 bridgehead atoms. The van der Waals surface area contributed by atoms with E-state index < -0.39 is 30.7 Å². The summed E-state index contributed by atoms with van der Waals surface area (Å²) in [6.07, 6.45) is 2.68. The van der Waals surface area contributed by atoms with E-state index in [9.17, 15) is 18.0 Å². The van der Waals surface area contributed by atoms with Gasteiger partial charge in [-0.15, -0.1) is 0 Å². The van der Waals surface area contributed by atoms with Gasteiger partial charge in [0, 0.05) is 23.5 Å². The van der Waals surface area contributed by atoms with Crippen LogP contribution in [0.4, 0.5) is 18.9 Å². The van der Waals surface area contributed by atoms with E-state index in [0.717, 1.165) is 16.3 Å². The molecule has 0 fully saturated rings. The SMILES string of the molecule is COc1cc(/C(N)=C/N[C@H]2CCc3c(F)cccc3N(CC(F)F)C2=O)ccc1-n1cnc(C)c1. The number of rotatable bonds is 7. The van der Waals surface area contributed by atoms with Gasteiger partial charge in [0.2, 0.25) is 5.91 Å². The molecule has 0 saturated heterocycles. The highest BCUT2D eigenvalue weighted by Gasteiger charge is 2.32. The van der Waals surface area contributed by atoms with Gasteiger partial charge in [0.05, 0.1) is 42.7 Å². The second kappa shape index (κ2) is 10.1. The Morgan fingerprint density at radius 1 is 1.31 bits per heavy atom. The molecule has 4 rings (SSSR count). The number of methoxy groups -OCH3 is 1. The largest absolute Gasteiger partial charge is 0.495 e. The number of ether oxygens (including phenoxy) is 1. The molecule has 7 nitrogen and oxygen atoms in total. The van der Waals surface area contributed by atoms with Crippen molar-refractivity contribution in [2.45, 2.75) is 32.2 Å². The predicted octanol–water partition coefficient (Wildman–Crippen LogP) is 3.79. The van der Waals surface area contributed by atoms with Crippen molar-refractivity contribution >= 4 is 17.3 Å². The van der Waals surface area contributed by atoms with Gasteiger partial charge in [-0.3, -0.25) is 4.79 Å². The molecule has 1 aromatic heterocycles. The summed E-state index contributed by atoms with van der Waals surface area (Å²) in [5.74, 6) is -0.525. The number of halogens is 3. The zero-order valence-corrected chi connectivity index (χ0v) is 19.3. The molecule has 0 spiro atoms. The van der Waals surface area contributed by atoms with Gasteiger partial charge >= 0.3 is 0 Å². The number of hydrogen-bond donors (Lipinski definition) is 2. The quantitative estimate of drug-likeness (QED) is 0.532. The Hall–Kier alpha value is -3.95. The Kier molecular flexibility index (Phi) is 6.99. The number of nitrogens with zero attached hydrogens (tertiary/aromatic N) is 3. The fourth-order valence-electron chi connectivity index (χ4n) is 4.14. The molecular formula is C25H26F3N5O2. The maximum atomic E-state index is 14.4. The second-order valence-electron chi connectivity index (χ2n) is 8.24. The summed E-state index contributed by atoms with van der Waals surface area (Å²) in [6, 6.07) is 8.68. The van der Waals surface area contributed by atoms with Crippen LogP contribution in [0, 0.1) is 12.7 Å². The molecule has 10 heteroatoms. The van der Waals surface area contributed by atoms with Crippen LogP contribution >= 0.6 is 0 Å². The van der Waals surface area contributed by atoms with E-state index >= 15 is 0 Å². The molecular weight excluding hydrogens is 459 g/mol. The van der Waals surface area contributed by atoms with Crippen LogP contribution in [-0.4, -0.2) is 41.6 Å². The fraction of sp³-hybridized carbons (Fsp3) is 0.280. The molecule has 0 saturated carbocycles. The number of aryl methyl sites for hydroxylation is 1. The number of anilines is 1. The maximum Gasteiger partial charge on any atom is 0.256 e. The van der Waals surface area contributed by atoms with Crippen molar-refractivity contribution in [3.05, 3.63) is 77.8 Å². The van der Waals surface area contributed by atoms with E-state index in [-0.39, 0.29) is 24.1 Å². The van der Waals surface area contributed by atoms with Gasteiger partial charge in [-0.05, 0) is 44.0 Å². The number of carbonyl (C=O) groups is 1. The molecule has 0 unspecified atom stereocenters. The number of nitrogens with two attached hydrogens (primary N) is 1. The summed E-state index contributed by atoms with van der Waals surface area (Å²) in [5, 5.41) is 2.95. The van der Waals surface area contributed by atoms with Crippen LogP contribution in [0.2, 0.25) is 0 Å². The molecule has 0 aliphatic carbocycles. The Morgan fingerprint density at radius 3 is 2.80 bits per heavy atom. The molecule has 2 heterocycles. The molecule has 2 aromatic carbocycles. The third-order valence-electron chi connectivity index (χ3n) is 5.90. The van der Waals surface area contributed by atoms with Crippen LogP contribution in [0.3, 0.4) is 0 Å². The van der Waals surface area contributed by atoms with Crippen LogP contribution < -0.4 is 20.7 Å². The van der Waals surface area contributed by atoms with Crippen molar-refractivity contribution in [1.29, 1.82) is 0 Å². The first-order valence-electron chi connectivity index (χ1n) is 11.1. The minimum atomic E-state index is -2.76. The standard InChI is InChI=1S/C25H26F3N5O2/c1-15-12-32(14-31-15)22-9-6-16(10-23(22)35-2)19(29)11-30-20-8-7-17-18(26)4-3-5-21(17)33(25(20)34)13-24(27)28/h3-6,9-12,14,20,24,30H,7-8,13,29H2,1-2H3/b19-11-/t20-/m0/s1. The van der Waals surface area contributed by atoms with Crippen molar-refractivity contribution in [2.24, 2.45) is 5.73 Å². The van der Waals surface area contributed by atoms with Crippen molar-refractivity contribution in [2.75, 3.05) is 18.6 Å². The van der Waals surface area contributed by atoms with Crippen molar-refractivity contribution in [3.8, 4) is 11.4 Å². The lowest BCUT2D eigenvalue weighted by Gasteiger charge is -2.26. The number of alkyl halides is 2. The Balaban J connectivity index is 1.57. The van der Waals surface area contributed by atoms with E-state index in [1.54, 1.807) is 25.6 Å². The third kappa shape index (κ3) is 5.11. The van der Waals surface area contributed by atoms with Crippen molar-refractivity contribution in [1.82, 2.24) is 14.9 Å². The lowest BCUT2D eigenvalue weighted by Crippen LogP contribution is -2.46. The molecule has 35 heavy (non-hydrogen) atoms. The molecule has 1 amide bonds. The van der Waals surface area contributed by atoms with Crippen LogP contribution in [0.25, 0.3) is 11.4 Å². The molecule has 3 N–H and O–H groups in total. The zero-order valence-electron chi connectivity index (χ0n) is 19.3. The second-order valence-corrected chi connectivity index (χ2v) is 8.24. The summed E-state index contributed by atoms with van der Waals surface area (Å²) in [7, 11) is 1.54. The minimum absolute atomic E-state index is 0.173. The lowest BCUT2D eigenvalue weighted by atomic mass is 10.1. The first kappa shape index (κ1) is 24.2. The zero-order chi connectivity index (χ0) is 25.1. The lowest BCUT2D eigenvalue weighted by molar-refractivity contribution is -0.120.